The van der Waals surface area contributed by atoms with E-state index in [1.54, 1.807) is 11.3 Å². The number of benzene rings is 1. The van der Waals surface area contributed by atoms with E-state index in [0.29, 0.717) is 6.04 Å². The first-order valence-electron chi connectivity index (χ1n) is 12.1. The number of hydrogen-bond acceptors (Lipinski definition) is 8. The van der Waals surface area contributed by atoms with Crippen molar-refractivity contribution in [2.24, 2.45) is 0 Å². The van der Waals surface area contributed by atoms with Gasteiger partial charge < -0.3 is 20.1 Å². The van der Waals surface area contributed by atoms with Crippen LogP contribution in [-0.4, -0.2) is 82.1 Å². The molecule has 182 valence electrons. The Hall–Kier alpha value is -2.53. The van der Waals surface area contributed by atoms with Crippen molar-refractivity contribution in [3.63, 3.8) is 0 Å². The molecule has 35 heavy (non-hydrogen) atoms. The lowest BCUT2D eigenvalue weighted by Crippen LogP contribution is -2.45. The molecule has 2 aliphatic heterocycles. The van der Waals surface area contributed by atoms with Gasteiger partial charge in [0.15, 0.2) is 5.65 Å². The van der Waals surface area contributed by atoms with E-state index in [1.807, 2.05) is 12.4 Å². The SMILES string of the molecule is CN1CCC(Nc2c(Br)cnc3[nH]c(-c4ccc(N5CCN(Cc6nccs6)CC5)cc4)nc23)C1. The minimum absolute atomic E-state index is 0.420. The molecule has 0 radical (unpaired) electrons. The van der Waals surface area contributed by atoms with Gasteiger partial charge in [-0.05, 0) is 60.2 Å². The number of imidazole rings is 1. The number of likely N-dealkylation sites (N-methyl/N-ethyl adjacent to an activating group) is 1. The molecule has 1 unspecified atom stereocenters. The van der Waals surface area contributed by atoms with Crippen LogP contribution in [0.2, 0.25) is 0 Å². The van der Waals surface area contributed by atoms with Crippen molar-refractivity contribution < 1.29 is 0 Å². The maximum atomic E-state index is 4.94. The molecule has 0 aliphatic carbocycles. The van der Waals surface area contributed by atoms with Crippen LogP contribution in [0.25, 0.3) is 22.6 Å². The summed E-state index contributed by atoms with van der Waals surface area (Å²) >= 11 is 5.41. The van der Waals surface area contributed by atoms with Crippen molar-refractivity contribution in [2.75, 3.05) is 56.5 Å². The van der Waals surface area contributed by atoms with Gasteiger partial charge in [0, 0.05) is 67.8 Å². The minimum Gasteiger partial charge on any atom is -0.378 e. The zero-order valence-electron chi connectivity index (χ0n) is 19.7. The molecule has 2 saturated heterocycles. The molecule has 1 aromatic carbocycles. The quantitative estimate of drug-likeness (QED) is 0.369. The highest BCUT2D eigenvalue weighted by molar-refractivity contribution is 9.10. The second-order valence-electron chi connectivity index (χ2n) is 9.39. The maximum absolute atomic E-state index is 4.94. The molecule has 4 aromatic rings. The van der Waals surface area contributed by atoms with Gasteiger partial charge in [-0.15, -0.1) is 11.3 Å². The first-order chi connectivity index (χ1) is 17.1. The lowest BCUT2D eigenvalue weighted by atomic mass is 10.1. The van der Waals surface area contributed by atoms with Crippen LogP contribution in [0, 0.1) is 0 Å². The number of piperazine rings is 1. The average molecular weight is 554 g/mol. The predicted molar refractivity (Wildman–Crippen MR) is 146 cm³/mol. The van der Waals surface area contributed by atoms with Crippen molar-refractivity contribution in [1.29, 1.82) is 0 Å². The highest BCUT2D eigenvalue weighted by Gasteiger charge is 2.23. The van der Waals surface area contributed by atoms with Crippen LogP contribution in [0.15, 0.2) is 46.5 Å². The first kappa shape index (κ1) is 22.9. The van der Waals surface area contributed by atoms with Crippen LogP contribution in [0.3, 0.4) is 0 Å². The highest BCUT2D eigenvalue weighted by Crippen LogP contribution is 2.32. The zero-order valence-corrected chi connectivity index (χ0v) is 22.1. The normalized spacial score (nSPS) is 19.6. The number of nitrogens with zero attached hydrogens (tertiary/aromatic N) is 6. The summed E-state index contributed by atoms with van der Waals surface area (Å²) in [5, 5.41) is 6.94. The Kier molecular flexibility index (Phi) is 6.44. The molecule has 0 amide bonds. The topological polar surface area (TPSA) is 76.2 Å². The van der Waals surface area contributed by atoms with Gasteiger partial charge in [-0.1, -0.05) is 0 Å². The second-order valence-corrected chi connectivity index (χ2v) is 11.2. The van der Waals surface area contributed by atoms with Crippen LogP contribution >= 0.6 is 27.3 Å². The van der Waals surface area contributed by atoms with Crippen LogP contribution in [-0.2, 0) is 6.54 Å². The van der Waals surface area contributed by atoms with E-state index in [9.17, 15) is 0 Å². The molecule has 0 spiro atoms. The van der Waals surface area contributed by atoms with Gasteiger partial charge in [0.1, 0.15) is 16.3 Å². The van der Waals surface area contributed by atoms with Gasteiger partial charge >= 0.3 is 0 Å². The van der Waals surface area contributed by atoms with Crippen LogP contribution in [0.1, 0.15) is 11.4 Å². The molecule has 2 N–H and O–H groups in total. The fourth-order valence-electron chi connectivity index (χ4n) is 4.98. The molecule has 0 bridgehead atoms. The van der Waals surface area contributed by atoms with Gasteiger partial charge in [0.25, 0.3) is 0 Å². The van der Waals surface area contributed by atoms with Gasteiger partial charge in [-0.2, -0.15) is 0 Å². The largest absolute Gasteiger partial charge is 0.378 e. The third kappa shape index (κ3) is 4.93. The van der Waals surface area contributed by atoms with Gasteiger partial charge in [-0.3, -0.25) is 4.90 Å². The smallest absolute Gasteiger partial charge is 0.159 e. The van der Waals surface area contributed by atoms with Crippen LogP contribution in [0.5, 0.6) is 0 Å². The third-order valence-electron chi connectivity index (χ3n) is 6.93. The number of aromatic amines is 1. The monoisotopic (exact) mass is 552 g/mol. The summed E-state index contributed by atoms with van der Waals surface area (Å²) in [5.74, 6) is 0.844. The molecule has 2 aliphatic rings. The summed E-state index contributed by atoms with van der Waals surface area (Å²) in [4.78, 5) is 24.6. The van der Waals surface area contributed by atoms with Crippen molar-refractivity contribution >= 4 is 49.8 Å². The molecule has 6 rings (SSSR count). The zero-order chi connectivity index (χ0) is 23.8. The number of hydrogen-bond donors (Lipinski definition) is 2. The third-order valence-corrected chi connectivity index (χ3v) is 8.29. The lowest BCUT2D eigenvalue weighted by Gasteiger charge is -2.35. The Balaban J connectivity index is 1.15. The number of likely N-dealkylation sites (tertiary alicyclic amines) is 1. The number of fused-ring (bicyclic) bond motifs is 1. The molecule has 10 heteroatoms. The van der Waals surface area contributed by atoms with E-state index in [-0.39, 0.29) is 0 Å². The number of nitrogens with one attached hydrogen (secondary N) is 2. The van der Waals surface area contributed by atoms with Gasteiger partial charge in [0.2, 0.25) is 0 Å². The second kappa shape index (κ2) is 9.85. The summed E-state index contributed by atoms with van der Waals surface area (Å²) in [6, 6.07) is 9.14. The molecular formula is C25H29BrN8S. The molecule has 0 saturated carbocycles. The Morgan fingerprint density at radius 1 is 1.11 bits per heavy atom. The Morgan fingerprint density at radius 3 is 2.66 bits per heavy atom. The van der Waals surface area contributed by atoms with E-state index in [0.717, 1.165) is 84.9 Å². The fourth-order valence-corrected chi connectivity index (χ4v) is 6.04. The number of halogens is 1. The Morgan fingerprint density at radius 2 is 1.94 bits per heavy atom. The summed E-state index contributed by atoms with van der Waals surface area (Å²) < 4.78 is 0.946. The molecule has 2 fully saturated rings. The summed E-state index contributed by atoms with van der Waals surface area (Å²) in [7, 11) is 2.16. The highest BCUT2D eigenvalue weighted by atomic mass is 79.9. The summed E-state index contributed by atoms with van der Waals surface area (Å²) in [5.41, 5.74) is 5.02. The number of pyridine rings is 1. The fraction of sp³-hybridized carbons (Fsp3) is 0.400. The Labute approximate surface area is 217 Å². The van der Waals surface area contributed by atoms with Crippen molar-refractivity contribution in [3.05, 3.63) is 51.5 Å². The van der Waals surface area contributed by atoms with Crippen molar-refractivity contribution in [1.82, 2.24) is 29.7 Å². The number of H-pyrrole nitrogens is 1. The Bertz CT molecular complexity index is 1280. The molecule has 3 aromatic heterocycles. The molecule has 1 atom stereocenters. The molecule has 8 nitrogen and oxygen atoms in total. The van der Waals surface area contributed by atoms with Crippen LogP contribution < -0.4 is 10.2 Å². The average Bonchev–Trinajstić information content (AvgIpc) is 3.63. The van der Waals surface area contributed by atoms with E-state index < -0.39 is 0 Å². The van der Waals surface area contributed by atoms with E-state index >= 15 is 0 Å². The van der Waals surface area contributed by atoms with E-state index in [4.69, 9.17) is 4.98 Å². The van der Waals surface area contributed by atoms with Gasteiger partial charge in [-0.25, -0.2) is 15.0 Å². The van der Waals surface area contributed by atoms with Gasteiger partial charge in [0.05, 0.1) is 16.7 Å². The minimum atomic E-state index is 0.420. The van der Waals surface area contributed by atoms with Crippen molar-refractivity contribution in [2.45, 2.75) is 19.0 Å². The number of thiazole rings is 1. The maximum Gasteiger partial charge on any atom is 0.159 e. The van der Waals surface area contributed by atoms with E-state index in [2.05, 4.69) is 87.6 Å². The summed E-state index contributed by atoms with van der Waals surface area (Å²) in [6.45, 7) is 7.26. The lowest BCUT2D eigenvalue weighted by molar-refractivity contribution is 0.249. The predicted octanol–water partition coefficient (Wildman–Crippen LogP) is 4.28. The molecule has 5 heterocycles. The number of rotatable bonds is 6. The van der Waals surface area contributed by atoms with E-state index in [1.165, 1.54) is 10.7 Å². The first-order valence-corrected chi connectivity index (χ1v) is 13.7. The van der Waals surface area contributed by atoms with Crippen molar-refractivity contribution in [3.8, 4) is 11.4 Å². The number of anilines is 2. The number of aromatic nitrogens is 4. The summed E-state index contributed by atoms with van der Waals surface area (Å²) in [6.07, 6.45) is 4.87. The standard InChI is InChI=1S/C25H29BrN8S/c1-32-8-6-18(15-32)29-22-20(26)14-28-25-23(22)30-24(31-25)17-2-4-19(5-3-17)34-11-9-33(10-12-34)16-21-27-7-13-35-21/h2-5,7,13-14,18H,6,8-12,15-16H2,1H3,(H2,28,29,30,31). The molecular weight excluding hydrogens is 524 g/mol. The van der Waals surface area contributed by atoms with Crippen LogP contribution in [0.4, 0.5) is 11.4 Å².